The van der Waals surface area contributed by atoms with Gasteiger partial charge < -0.3 is 14.4 Å². The molecule has 0 radical (unpaired) electrons. The first-order valence-electron chi connectivity index (χ1n) is 9.81. The van der Waals surface area contributed by atoms with Gasteiger partial charge in [-0.05, 0) is 37.6 Å². The maximum atomic E-state index is 12.9. The molecule has 3 rings (SSSR count). The number of piperazine rings is 1. The van der Waals surface area contributed by atoms with E-state index >= 15 is 0 Å². The minimum Gasteiger partial charge on any atom is -0.497 e. The molecule has 0 bridgehead atoms. The number of ether oxygens (including phenoxy) is 2. The monoisotopic (exact) mass is 423 g/mol. The smallest absolute Gasteiger partial charge is 0.282 e. The van der Waals surface area contributed by atoms with Crippen molar-refractivity contribution in [2.24, 2.45) is 0 Å². The van der Waals surface area contributed by atoms with E-state index in [-0.39, 0.29) is 18.1 Å². The quantitative estimate of drug-likeness (QED) is 0.665. The first-order chi connectivity index (χ1) is 13.8. The number of methoxy groups -OCH3 is 1. The second-order valence-electron chi connectivity index (χ2n) is 7.41. The fraction of sp³-hybridized carbons (Fsp3) is 0.550. The van der Waals surface area contributed by atoms with Crippen LogP contribution in [0.2, 0.25) is 0 Å². The molecule has 8 nitrogen and oxygen atoms in total. The number of carbonyl (C=O) groups excluding carboxylic acids is 1. The number of hydrogen-bond donors (Lipinski definition) is 0. The van der Waals surface area contributed by atoms with Crippen LogP contribution in [0.25, 0.3) is 6.08 Å². The second-order valence-corrected chi connectivity index (χ2v) is 9.34. The highest BCUT2D eigenvalue weighted by molar-refractivity contribution is 7.86. The normalized spacial score (nSPS) is 24.7. The van der Waals surface area contributed by atoms with Gasteiger partial charge in [0.25, 0.3) is 10.2 Å². The fourth-order valence-electron chi connectivity index (χ4n) is 3.61. The van der Waals surface area contributed by atoms with Crippen LogP contribution in [0.5, 0.6) is 5.75 Å². The van der Waals surface area contributed by atoms with E-state index in [2.05, 4.69) is 0 Å². The van der Waals surface area contributed by atoms with Gasteiger partial charge in [-0.3, -0.25) is 4.79 Å². The van der Waals surface area contributed by atoms with Crippen molar-refractivity contribution in [1.82, 2.24) is 13.5 Å². The van der Waals surface area contributed by atoms with Gasteiger partial charge in [-0.1, -0.05) is 12.1 Å². The number of amides is 1. The van der Waals surface area contributed by atoms with Crippen LogP contribution < -0.4 is 4.74 Å². The minimum atomic E-state index is -3.54. The number of hydrogen-bond acceptors (Lipinski definition) is 5. The molecule has 29 heavy (non-hydrogen) atoms. The van der Waals surface area contributed by atoms with E-state index in [1.807, 2.05) is 38.1 Å². The standard InChI is InChI=1S/C20H29N3O5S/c1-16-14-23(15-17(2)28-16)29(25,26)22-12-10-21(11-13-22)20(24)9-6-18-4-7-19(27-3)8-5-18/h4-9,16-17H,10-15H2,1-3H3/b9-6+. The van der Waals surface area contributed by atoms with Crippen LogP contribution >= 0.6 is 0 Å². The van der Waals surface area contributed by atoms with E-state index in [4.69, 9.17) is 9.47 Å². The summed E-state index contributed by atoms with van der Waals surface area (Å²) in [5.41, 5.74) is 0.899. The number of rotatable bonds is 5. The molecule has 2 fully saturated rings. The maximum Gasteiger partial charge on any atom is 0.282 e. The van der Waals surface area contributed by atoms with Gasteiger partial charge in [-0.15, -0.1) is 0 Å². The summed E-state index contributed by atoms with van der Waals surface area (Å²) in [6.45, 7) is 5.82. The average molecular weight is 424 g/mol. The first kappa shape index (κ1) is 21.8. The van der Waals surface area contributed by atoms with Crippen molar-refractivity contribution in [3.8, 4) is 5.75 Å². The maximum absolute atomic E-state index is 12.9. The Balaban J connectivity index is 1.55. The zero-order chi connectivity index (χ0) is 21.0. The van der Waals surface area contributed by atoms with Crippen LogP contribution in [0, 0.1) is 0 Å². The molecule has 2 atom stereocenters. The molecule has 0 aliphatic carbocycles. The van der Waals surface area contributed by atoms with Gasteiger partial charge in [-0.25, -0.2) is 0 Å². The fourth-order valence-corrected chi connectivity index (χ4v) is 5.36. The lowest BCUT2D eigenvalue weighted by Gasteiger charge is -2.40. The van der Waals surface area contributed by atoms with E-state index in [0.717, 1.165) is 11.3 Å². The summed E-state index contributed by atoms with van der Waals surface area (Å²) in [7, 11) is -1.94. The molecule has 2 aliphatic rings. The van der Waals surface area contributed by atoms with Crippen LogP contribution in [0.3, 0.4) is 0 Å². The zero-order valence-electron chi connectivity index (χ0n) is 17.2. The average Bonchev–Trinajstić information content (AvgIpc) is 2.71. The van der Waals surface area contributed by atoms with Crippen LogP contribution in [-0.4, -0.2) is 86.4 Å². The molecule has 1 amide bonds. The zero-order valence-corrected chi connectivity index (χ0v) is 18.0. The molecule has 2 aliphatic heterocycles. The number of morpholine rings is 1. The van der Waals surface area contributed by atoms with Crippen molar-refractivity contribution in [2.45, 2.75) is 26.1 Å². The molecule has 0 saturated carbocycles. The van der Waals surface area contributed by atoms with E-state index in [9.17, 15) is 13.2 Å². The van der Waals surface area contributed by atoms with Crippen LogP contribution in [0.15, 0.2) is 30.3 Å². The molecule has 0 N–H and O–H groups in total. The van der Waals surface area contributed by atoms with Crippen molar-refractivity contribution in [3.63, 3.8) is 0 Å². The molecule has 0 aromatic heterocycles. The number of carbonyl (C=O) groups is 1. The summed E-state index contributed by atoms with van der Waals surface area (Å²) < 4.78 is 39.6. The number of benzene rings is 1. The third kappa shape index (κ3) is 5.36. The largest absolute Gasteiger partial charge is 0.497 e. The summed E-state index contributed by atoms with van der Waals surface area (Å²) in [4.78, 5) is 14.1. The van der Waals surface area contributed by atoms with Crippen molar-refractivity contribution in [1.29, 1.82) is 0 Å². The molecule has 2 saturated heterocycles. The Morgan fingerprint density at radius 3 is 2.17 bits per heavy atom. The minimum absolute atomic E-state index is 0.119. The summed E-state index contributed by atoms with van der Waals surface area (Å²) >= 11 is 0. The SMILES string of the molecule is COc1ccc(/C=C/C(=O)N2CCN(S(=O)(=O)N3CC(C)OC(C)C3)CC2)cc1. The summed E-state index contributed by atoms with van der Waals surface area (Å²) in [5, 5.41) is 0. The molecule has 2 heterocycles. The van der Waals surface area contributed by atoms with E-state index in [0.29, 0.717) is 39.3 Å². The Labute approximate surface area is 172 Å². The third-order valence-corrected chi connectivity index (χ3v) is 7.09. The molecule has 1 aromatic rings. The van der Waals surface area contributed by atoms with Gasteiger partial charge in [0.05, 0.1) is 19.3 Å². The Hall–Kier alpha value is -1.94. The number of nitrogens with zero attached hydrogens (tertiary/aromatic N) is 3. The van der Waals surface area contributed by atoms with Crippen molar-refractivity contribution >= 4 is 22.2 Å². The molecule has 1 aromatic carbocycles. The highest BCUT2D eigenvalue weighted by Crippen LogP contribution is 2.19. The molecule has 9 heteroatoms. The summed E-state index contributed by atoms with van der Waals surface area (Å²) in [5.74, 6) is 0.640. The van der Waals surface area contributed by atoms with Crippen molar-refractivity contribution < 1.29 is 22.7 Å². The van der Waals surface area contributed by atoms with Crippen molar-refractivity contribution in [3.05, 3.63) is 35.9 Å². The predicted octanol–water partition coefficient (Wildman–Crippen LogP) is 1.21. The highest BCUT2D eigenvalue weighted by Gasteiger charge is 2.37. The molecule has 0 spiro atoms. The molecule has 2 unspecified atom stereocenters. The summed E-state index contributed by atoms with van der Waals surface area (Å²) in [6, 6.07) is 7.41. The predicted molar refractivity (Wildman–Crippen MR) is 111 cm³/mol. The Kier molecular flexibility index (Phi) is 6.94. The molecular formula is C20H29N3O5S. The van der Waals surface area contributed by atoms with Crippen LogP contribution in [-0.2, 0) is 19.7 Å². The lowest BCUT2D eigenvalue weighted by molar-refractivity contribution is -0.127. The van der Waals surface area contributed by atoms with Crippen LogP contribution in [0.1, 0.15) is 19.4 Å². The summed E-state index contributed by atoms with van der Waals surface area (Å²) in [6.07, 6.45) is 3.03. The topological polar surface area (TPSA) is 79.4 Å². The lowest BCUT2D eigenvalue weighted by Crippen LogP contribution is -2.57. The van der Waals surface area contributed by atoms with Gasteiger partial charge >= 0.3 is 0 Å². The molecule has 160 valence electrons. The van der Waals surface area contributed by atoms with E-state index in [1.165, 1.54) is 14.7 Å². The van der Waals surface area contributed by atoms with Gasteiger partial charge in [0.1, 0.15) is 5.75 Å². The first-order valence-corrected chi connectivity index (χ1v) is 11.2. The third-order valence-electron chi connectivity index (χ3n) is 5.12. The Morgan fingerprint density at radius 1 is 1.03 bits per heavy atom. The van der Waals surface area contributed by atoms with Crippen molar-refractivity contribution in [2.75, 3.05) is 46.4 Å². The van der Waals surface area contributed by atoms with Gasteiger partial charge in [0.2, 0.25) is 5.91 Å². The lowest BCUT2D eigenvalue weighted by atomic mass is 10.2. The Bertz CT molecular complexity index is 822. The second kappa shape index (κ2) is 9.25. The molecular weight excluding hydrogens is 394 g/mol. The Morgan fingerprint density at radius 2 is 1.62 bits per heavy atom. The van der Waals surface area contributed by atoms with Gasteiger partial charge in [0, 0.05) is 45.3 Å². The van der Waals surface area contributed by atoms with Gasteiger partial charge in [0.15, 0.2) is 0 Å². The highest BCUT2D eigenvalue weighted by atomic mass is 32.2. The van der Waals surface area contributed by atoms with E-state index < -0.39 is 10.2 Å². The van der Waals surface area contributed by atoms with E-state index in [1.54, 1.807) is 18.1 Å². The van der Waals surface area contributed by atoms with Gasteiger partial charge in [-0.2, -0.15) is 17.0 Å². The van der Waals surface area contributed by atoms with Crippen LogP contribution in [0.4, 0.5) is 0 Å².